The molecule has 1 aliphatic rings. The number of fused-ring (bicyclic) bond motifs is 1. The maximum absolute atomic E-state index is 13.5. The summed E-state index contributed by atoms with van der Waals surface area (Å²) in [5.41, 5.74) is -0.152. The average Bonchev–Trinajstić information content (AvgIpc) is 2.88. The van der Waals surface area contributed by atoms with Gasteiger partial charge >= 0.3 is 5.97 Å². The third kappa shape index (κ3) is 4.65. The van der Waals surface area contributed by atoms with E-state index in [0.29, 0.717) is 37.2 Å². The van der Waals surface area contributed by atoms with Crippen molar-refractivity contribution in [3.63, 3.8) is 0 Å². The summed E-state index contributed by atoms with van der Waals surface area (Å²) in [6, 6.07) is 5.43. The minimum atomic E-state index is -0.940. The maximum Gasteiger partial charge on any atom is 0.338 e. The molecule has 0 atom stereocenters. The molecule has 0 spiro atoms. The van der Waals surface area contributed by atoms with Gasteiger partial charge in [0.25, 0.3) is 5.91 Å². The van der Waals surface area contributed by atoms with E-state index in [9.17, 15) is 18.4 Å². The quantitative estimate of drug-likeness (QED) is 0.798. The number of rotatable bonds is 4. The summed E-state index contributed by atoms with van der Waals surface area (Å²) in [6.07, 6.45) is 0.672. The lowest BCUT2D eigenvalue weighted by atomic mass is 10.2. The standard InChI is InChI=1S/C18H14ClF2NO5/c19-12-6-10(7-15-17(12)26-5-1-4-25-15)18(24)27-9-16(23)22-14-3-2-11(20)8-13(14)21/h2-3,6-8H,1,4-5,9H2,(H,22,23). The second-order valence-corrected chi connectivity index (χ2v) is 5.99. The molecule has 6 nitrogen and oxygen atoms in total. The second kappa shape index (κ2) is 8.22. The zero-order valence-electron chi connectivity index (χ0n) is 13.9. The lowest BCUT2D eigenvalue weighted by Gasteiger charge is -2.11. The predicted octanol–water partition coefficient (Wildman–Crippen LogP) is 3.58. The van der Waals surface area contributed by atoms with Crippen LogP contribution in [0.4, 0.5) is 14.5 Å². The van der Waals surface area contributed by atoms with Crippen molar-refractivity contribution in [3.8, 4) is 11.5 Å². The monoisotopic (exact) mass is 397 g/mol. The van der Waals surface area contributed by atoms with Crippen LogP contribution in [0.15, 0.2) is 30.3 Å². The Bertz CT molecular complexity index is 890. The SMILES string of the molecule is O=C(COC(=O)c1cc(Cl)c2c(c1)OCCCO2)Nc1ccc(F)cc1F. The van der Waals surface area contributed by atoms with Gasteiger partial charge in [-0.15, -0.1) is 0 Å². The number of amides is 1. The van der Waals surface area contributed by atoms with Crippen LogP contribution in [0.3, 0.4) is 0 Å². The van der Waals surface area contributed by atoms with Gasteiger partial charge in [-0.05, 0) is 24.3 Å². The molecule has 0 radical (unpaired) electrons. The number of carbonyl (C=O) groups excluding carboxylic acids is 2. The zero-order chi connectivity index (χ0) is 19.4. The molecule has 1 heterocycles. The number of ether oxygens (including phenoxy) is 3. The van der Waals surface area contributed by atoms with Crippen LogP contribution in [0.1, 0.15) is 16.8 Å². The number of carbonyl (C=O) groups is 2. The highest BCUT2D eigenvalue weighted by atomic mass is 35.5. The van der Waals surface area contributed by atoms with Crippen LogP contribution in [0.5, 0.6) is 11.5 Å². The Morgan fingerprint density at radius 1 is 1.15 bits per heavy atom. The van der Waals surface area contributed by atoms with Crippen molar-refractivity contribution >= 4 is 29.2 Å². The predicted molar refractivity (Wildman–Crippen MR) is 92.3 cm³/mol. The van der Waals surface area contributed by atoms with Gasteiger partial charge in [-0.25, -0.2) is 13.6 Å². The molecule has 3 rings (SSSR count). The van der Waals surface area contributed by atoms with Crippen molar-refractivity contribution < 1.29 is 32.6 Å². The van der Waals surface area contributed by atoms with Crippen molar-refractivity contribution in [2.45, 2.75) is 6.42 Å². The van der Waals surface area contributed by atoms with Gasteiger partial charge < -0.3 is 19.5 Å². The molecule has 2 aromatic carbocycles. The number of halogens is 3. The summed E-state index contributed by atoms with van der Waals surface area (Å²) in [5.74, 6) is -2.66. The van der Waals surface area contributed by atoms with Gasteiger partial charge in [0.15, 0.2) is 18.1 Å². The molecule has 27 heavy (non-hydrogen) atoms. The molecule has 1 aliphatic heterocycles. The fourth-order valence-electron chi connectivity index (χ4n) is 2.34. The summed E-state index contributed by atoms with van der Waals surface area (Å²) >= 11 is 6.10. The Morgan fingerprint density at radius 3 is 2.70 bits per heavy atom. The molecule has 0 saturated carbocycles. The number of benzene rings is 2. The average molecular weight is 398 g/mol. The number of esters is 1. The van der Waals surface area contributed by atoms with E-state index in [2.05, 4.69) is 5.32 Å². The molecular formula is C18H14ClF2NO5. The fraction of sp³-hybridized carbons (Fsp3) is 0.222. The van der Waals surface area contributed by atoms with Crippen LogP contribution in [0.2, 0.25) is 5.02 Å². The van der Waals surface area contributed by atoms with Crippen molar-refractivity contribution in [1.29, 1.82) is 0 Å². The van der Waals surface area contributed by atoms with Crippen molar-refractivity contribution in [2.75, 3.05) is 25.1 Å². The Balaban J connectivity index is 1.63. The van der Waals surface area contributed by atoms with Gasteiger partial charge in [0.1, 0.15) is 11.6 Å². The number of nitrogens with one attached hydrogen (secondary N) is 1. The van der Waals surface area contributed by atoms with Crippen LogP contribution in [0.25, 0.3) is 0 Å². The molecular weight excluding hydrogens is 384 g/mol. The Hall–Kier alpha value is -2.87. The molecule has 0 bridgehead atoms. The zero-order valence-corrected chi connectivity index (χ0v) is 14.6. The Kier molecular flexibility index (Phi) is 5.75. The first-order valence-electron chi connectivity index (χ1n) is 7.95. The Labute approximate surface area is 158 Å². The summed E-state index contributed by atoms with van der Waals surface area (Å²) in [7, 11) is 0. The summed E-state index contributed by atoms with van der Waals surface area (Å²) in [4.78, 5) is 24.0. The maximum atomic E-state index is 13.5. The van der Waals surface area contributed by atoms with Crippen LogP contribution < -0.4 is 14.8 Å². The van der Waals surface area contributed by atoms with Crippen LogP contribution in [-0.4, -0.2) is 31.7 Å². The minimum absolute atomic E-state index is 0.0741. The molecule has 2 aromatic rings. The number of hydrogen-bond donors (Lipinski definition) is 1. The van der Waals surface area contributed by atoms with E-state index in [1.54, 1.807) is 0 Å². The van der Waals surface area contributed by atoms with Crippen molar-refractivity contribution in [1.82, 2.24) is 0 Å². The van der Waals surface area contributed by atoms with Crippen LogP contribution in [-0.2, 0) is 9.53 Å². The van der Waals surface area contributed by atoms with Gasteiger partial charge in [-0.2, -0.15) is 0 Å². The topological polar surface area (TPSA) is 73.9 Å². The molecule has 0 aromatic heterocycles. The first kappa shape index (κ1) is 18.9. The lowest BCUT2D eigenvalue weighted by Crippen LogP contribution is -2.21. The van der Waals surface area contributed by atoms with Gasteiger partial charge in [-0.3, -0.25) is 4.79 Å². The van der Waals surface area contributed by atoms with Crippen LogP contribution in [0, 0.1) is 11.6 Å². The molecule has 1 N–H and O–H groups in total. The second-order valence-electron chi connectivity index (χ2n) is 5.58. The largest absolute Gasteiger partial charge is 0.489 e. The van der Waals surface area contributed by atoms with E-state index < -0.39 is 30.1 Å². The third-order valence-electron chi connectivity index (χ3n) is 3.58. The van der Waals surface area contributed by atoms with Crippen molar-refractivity contribution in [3.05, 3.63) is 52.6 Å². The molecule has 0 saturated heterocycles. The molecule has 0 fully saturated rings. The highest BCUT2D eigenvalue weighted by Gasteiger charge is 2.20. The van der Waals surface area contributed by atoms with Gasteiger partial charge in [-0.1, -0.05) is 11.6 Å². The van der Waals surface area contributed by atoms with Gasteiger partial charge in [0.05, 0.1) is 29.5 Å². The van der Waals surface area contributed by atoms with E-state index in [0.717, 1.165) is 12.1 Å². The highest BCUT2D eigenvalue weighted by molar-refractivity contribution is 6.32. The number of hydrogen-bond acceptors (Lipinski definition) is 5. The van der Waals surface area contributed by atoms with Crippen LogP contribution >= 0.6 is 11.6 Å². The smallest absolute Gasteiger partial charge is 0.338 e. The molecule has 0 aliphatic carbocycles. The molecule has 1 amide bonds. The van der Waals surface area contributed by atoms with E-state index in [1.165, 1.54) is 12.1 Å². The summed E-state index contributed by atoms with van der Waals surface area (Å²) in [5, 5.41) is 2.37. The fourth-order valence-corrected chi connectivity index (χ4v) is 2.61. The van der Waals surface area contributed by atoms with Crippen molar-refractivity contribution in [2.24, 2.45) is 0 Å². The first-order chi connectivity index (χ1) is 12.9. The molecule has 0 unspecified atom stereocenters. The third-order valence-corrected chi connectivity index (χ3v) is 3.86. The first-order valence-corrected chi connectivity index (χ1v) is 8.33. The van der Waals surface area contributed by atoms with Gasteiger partial charge in [0, 0.05) is 12.5 Å². The minimum Gasteiger partial charge on any atom is -0.489 e. The van der Waals surface area contributed by atoms with E-state index >= 15 is 0 Å². The summed E-state index contributed by atoms with van der Waals surface area (Å²) < 4.78 is 42.2. The van der Waals surface area contributed by atoms with E-state index in [1.807, 2.05) is 0 Å². The van der Waals surface area contributed by atoms with E-state index in [-0.39, 0.29) is 16.3 Å². The highest BCUT2D eigenvalue weighted by Crippen LogP contribution is 2.38. The normalized spacial score (nSPS) is 12.9. The lowest BCUT2D eigenvalue weighted by molar-refractivity contribution is -0.119. The summed E-state index contributed by atoms with van der Waals surface area (Å²) in [6.45, 7) is 0.186. The molecule has 9 heteroatoms. The Morgan fingerprint density at radius 2 is 1.93 bits per heavy atom. The van der Waals surface area contributed by atoms with Gasteiger partial charge in [0.2, 0.25) is 0 Å². The number of anilines is 1. The molecule has 142 valence electrons. The van der Waals surface area contributed by atoms with E-state index in [4.69, 9.17) is 25.8 Å².